The number of hydrogen-bond donors (Lipinski definition) is 1. The van der Waals surface area contributed by atoms with E-state index in [1.807, 2.05) is 36.4 Å². The number of amides is 1. The first-order valence-corrected chi connectivity index (χ1v) is 11.6. The van der Waals surface area contributed by atoms with Crippen molar-refractivity contribution in [3.05, 3.63) is 90.5 Å². The summed E-state index contributed by atoms with van der Waals surface area (Å²) in [5.41, 5.74) is 4.88. The molecule has 0 fully saturated rings. The summed E-state index contributed by atoms with van der Waals surface area (Å²) in [6.07, 6.45) is 1.03. The summed E-state index contributed by atoms with van der Waals surface area (Å²) in [4.78, 5) is 18.2. The molecule has 4 aromatic rings. The number of benzene rings is 3. The van der Waals surface area contributed by atoms with Crippen LogP contribution in [0.15, 0.2) is 84.9 Å². The van der Waals surface area contributed by atoms with Crippen LogP contribution in [0.1, 0.15) is 10.4 Å². The van der Waals surface area contributed by atoms with Gasteiger partial charge in [0.2, 0.25) is 10.0 Å². The van der Waals surface area contributed by atoms with Crippen LogP contribution in [-0.2, 0) is 10.0 Å². The molecule has 0 bridgehead atoms. The second-order valence-corrected chi connectivity index (χ2v) is 8.89. The van der Waals surface area contributed by atoms with E-state index in [1.165, 1.54) is 7.11 Å². The molecule has 4 rings (SSSR count). The molecule has 0 aliphatic heterocycles. The van der Waals surface area contributed by atoms with E-state index in [0.29, 0.717) is 22.3 Å². The lowest BCUT2D eigenvalue weighted by atomic mass is 10.0. The average molecular weight is 448 g/mol. The summed E-state index contributed by atoms with van der Waals surface area (Å²) in [6, 6.07) is 24.8. The zero-order chi connectivity index (χ0) is 22.7. The summed E-state index contributed by atoms with van der Waals surface area (Å²) >= 11 is 0. The number of hydrogen-bond acceptors (Lipinski definition) is 5. The average Bonchev–Trinajstić information content (AvgIpc) is 2.81. The molecule has 7 nitrogen and oxygen atoms in total. The Kier molecular flexibility index (Phi) is 5.79. The van der Waals surface area contributed by atoms with Crippen molar-refractivity contribution in [1.82, 2.24) is 10.4 Å². The van der Waals surface area contributed by atoms with Gasteiger partial charge in [-0.3, -0.25) is 4.79 Å². The summed E-state index contributed by atoms with van der Waals surface area (Å²) in [5, 5.41) is 0.544. The van der Waals surface area contributed by atoms with E-state index < -0.39 is 15.9 Å². The molecule has 162 valence electrons. The van der Waals surface area contributed by atoms with Crippen LogP contribution < -0.4 is 14.6 Å². The summed E-state index contributed by atoms with van der Waals surface area (Å²) in [6.45, 7) is 0. The molecule has 0 atom stereocenters. The zero-order valence-electron chi connectivity index (χ0n) is 17.5. The smallest absolute Gasteiger partial charge is 0.275 e. The monoisotopic (exact) mass is 447 g/mol. The van der Waals surface area contributed by atoms with Gasteiger partial charge in [0.05, 0.1) is 30.1 Å². The number of aromatic nitrogens is 1. The van der Waals surface area contributed by atoms with Gasteiger partial charge in [-0.15, -0.1) is 0 Å². The Morgan fingerprint density at radius 2 is 1.50 bits per heavy atom. The molecule has 0 unspecified atom stereocenters. The number of sulfonamides is 1. The quantitative estimate of drug-likeness (QED) is 0.451. The van der Waals surface area contributed by atoms with E-state index in [9.17, 15) is 13.2 Å². The van der Waals surface area contributed by atoms with Gasteiger partial charge in [-0.25, -0.2) is 18.8 Å². The lowest BCUT2D eigenvalue weighted by molar-refractivity contribution is 0.0954. The highest BCUT2D eigenvalue weighted by molar-refractivity contribution is 7.92. The number of para-hydroxylation sites is 2. The van der Waals surface area contributed by atoms with Crippen molar-refractivity contribution >= 4 is 32.5 Å². The Bertz CT molecular complexity index is 1370. The number of carbonyl (C=O) groups is 1. The van der Waals surface area contributed by atoms with E-state index in [-0.39, 0.29) is 11.3 Å². The molecular formula is C24H21N3O4S. The molecular weight excluding hydrogens is 426 g/mol. The number of nitrogens with one attached hydrogen (secondary N) is 1. The maximum atomic E-state index is 13.5. The molecule has 0 aliphatic rings. The number of fused-ring (bicyclic) bond motifs is 1. The number of anilines is 1. The number of pyridine rings is 1. The van der Waals surface area contributed by atoms with Crippen molar-refractivity contribution in [2.24, 2.45) is 0 Å². The fraction of sp³-hybridized carbons (Fsp3) is 0.0833. The molecule has 0 saturated carbocycles. The Morgan fingerprint density at radius 1 is 0.906 bits per heavy atom. The van der Waals surface area contributed by atoms with Crippen molar-refractivity contribution in [2.45, 2.75) is 0 Å². The van der Waals surface area contributed by atoms with Gasteiger partial charge in [-0.2, -0.15) is 4.41 Å². The third-order valence-corrected chi connectivity index (χ3v) is 5.82. The standard InChI is InChI=1S/C24H21N3O4S/c1-31-23-21(24(28)26-27(32(2,29)30)18-13-7-4-8-14-18)19-15-9-10-16-20(19)25-22(23)17-11-5-3-6-12-17/h3-16H,1-2H3,(H,26,28). The van der Waals surface area contributed by atoms with Crippen LogP contribution in [0.25, 0.3) is 22.2 Å². The molecule has 1 N–H and O–H groups in total. The highest BCUT2D eigenvalue weighted by Crippen LogP contribution is 2.36. The van der Waals surface area contributed by atoms with Gasteiger partial charge in [0.15, 0.2) is 5.75 Å². The SMILES string of the molecule is COc1c(-c2ccccc2)nc2ccccc2c1C(=O)NN(c1ccccc1)S(C)(=O)=O. The largest absolute Gasteiger partial charge is 0.494 e. The highest BCUT2D eigenvalue weighted by Gasteiger charge is 2.26. The number of hydrazine groups is 1. The van der Waals surface area contributed by atoms with Gasteiger partial charge < -0.3 is 4.74 Å². The van der Waals surface area contributed by atoms with Gasteiger partial charge in [-0.05, 0) is 18.2 Å². The van der Waals surface area contributed by atoms with Crippen molar-refractivity contribution in [3.63, 3.8) is 0 Å². The van der Waals surface area contributed by atoms with Crippen LogP contribution in [0.5, 0.6) is 5.75 Å². The maximum Gasteiger partial charge on any atom is 0.275 e. The fourth-order valence-electron chi connectivity index (χ4n) is 3.46. The van der Waals surface area contributed by atoms with Crippen molar-refractivity contribution in [1.29, 1.82) is 0 Å². The number of carbonyl (C=O) groups excluding carboxylic acids is 1. The summed E-state index contributed by atoms with van der Waals surface area (Å²) < 4.78 is 31.4. The normalized spacial score (nSPS) is 11.2. The molecule has 8 heteroatoms. The first-order valence-electron chi connectivity index (χ1n) is 9.78. The Hall–Kier alpha value is -3.91. The first-order chi connectivity index (χ1) is 15.4. The Balaban J connectivity index is 1.90. The molecule has 1 aromatic heterocycles. The topological polar surface area (TPSA) is 88.6 Å². The van der Waals surface area contributed by atoms with Crippen LogP contribution in [-0.4, -0.2) is 32.7 Å². The minimum atomic E-state index is -3.81. The van der Waals surface area contributed by atoms with Crippen molar-refractivity contribution in [2.75, 3.05) is 17.8 Å². The molecule has 32 heavy (non-hydrogen) atoms. The van der Waals surface area contributed by atoms with E-state index in [1.54, 1.807) is 48.5 Å². The van der Waals surface area contributed by atoms with Crippen LogP contribution in [0, 0.1) is 0 Å². The molecule has 1 heterocycles. The van der Waals surface area contributed by atoms with Gasteiger partial charge in [0.25, 0.3) is 5.91 Å². The molecule has 0 saturated heterocycles. The molecule has 1 amide bonds. The minimum absolute atomic E-state index is 0.196. The van der Waals surface area contributed by atoms with Gasteiger partial charge in [-0.1, -0.05) is 66.7 Å². The summed E-state index contributed by atoms with van der Waals surface area (Å²) in [7, 11) is -2.35. The minimum Gasteiger partial charge on any atom is -0.494 e. The molecule has 0 spiro atoms. The van der Waals surface area contributed by atoms with E-state index in [0.717, 1.165) is 16.2 Å². The van der Waals surface area contributed by atoms with Gasteiger partial charge in [0, 0.05) is 10.9 Å². The number of ether oxygens (including phenoxy) is 1. The number of methoxy groups -OCH3 is 1. The van der Waals surface area contributed by atoms with E-state index in [4.69, 9.17) is 9.72 Å². The lowest BCUT2D eigenvalue weighted by Crippen LogP contribution is -2.46. The molecule has 0 aliphatic carbocycles. The van der Waals surface area contributed by atoms with Crippen molar-refractivity contribution < 1.29 is 17.9 Å². The second-order valence-electron chi connectivity index (χ2n) is 7.06. The third-order valence-electron chi connectivity index (χ3n) is 4.85. The summed E-state index contributed by atoms with van der Waals surface area (Å²) in [5.74, 6) is -0.374. The predicted molar refractivity (Wildman–Crippen MR) is 125 cm³/mol. The van der Waals surface area contributed by atoms with Crippen LogP contribution in [0.2, 0.25) is 0 Å². The molecule has 0 radical (unpaired) electrons. The van der Waals surface area contributed by atoms with Gasteiger partial charge in [0.1, 0.15) is 5.69 Å². The number of nitrogens with zero attached hydrogens (tertiary/aromatic N) is 2. The number of rotatable bonds is 6. The highest BCUT2D eigenvalue weighted by atomic mass is 32.2. The van der Waals surface area contributed by atoms with Crippen molar-refractivity contribution in [3.8, 4) is 17.0 Å². The predicted octanol–water partition coefficient (Wildman–Crippen LogP) is 4.02. The van der Waals surface area contributed by atoms with Gasteiger partial charge >= 0.3 is 0 Å². The Labute approximate surface area is 186 Å². The Morgan fingerprint density at radius 3 is 2.12 bits per heavy atom. The molecule has 3 aromatic carbocycles. The fourth-order valence-corrected chi connectivity index (χ4v) is 4.21. The van der Waals surface area contributed by atoms with E-state index in [2.05, 4.69) is 5.43 Å². The zero-order valence-corrected chi connectivity index (χ0v) is 18.3. The van der Waals surface area contributed by atoms with Crippen LogP contribution in [0.4, 0.5) is 5.69 Å². The maximum absolute atomic E-state index is 13.5. The third kappa shape index (κ3) is 4.13. The second kappa shape index (κ2) is 8.68. The lowest BCUT2D eigenvalue weighted by Gasteiger charge is -2.24. The van der Waals surface area contributed by atoms with E-state index >= 15 is 0 Å². The van der Waals surface area contributed by atoms with Crippen LogP contribution in [0.3, 0.4) is 0 Å². The first kappa shape index (κ1) is 21.3. The van der Waals surface area contributed by atoms with Crippen LogP contribution >= 0.6 is 0 Å².